The molecule has 0 saturated carbocycles. The smallest absolute Gasteiger partial charge is 0.410 e. The van der Waals surface area contributed by atoms with E-state index in [-0.39, 0.29) is 6.09 Å². The third-order valence-electron chi connectivity index (χ3n) is 2.79. The molecule has 0 saturated heterocycles. The Hall–Kier alpha value is -1.52. The van der Waals surface area contributed by atoms with Crippen molar-refractivity contribution in [2.24, 2.45) is 7.05 Å². The van der Waals surface area contributed by atoms with E-state index in [0.29, 0.717) is 13.1 Å². The summed E-state index contributed by atoms with van der Waals surface area (Å²) in [6, 6.07) is 0. The molecule has 1 aliphatic rings. The number of nitrogens with zero attached hydrogens (tertiary/aromatic N) is 3. The molecule has 0 spiro atoms. The number of amides is 1. The van der Waals surface area contributed by atoms with Crippen molar-refractivity contribution in [1.29, 1.82) is 0 Å². The molecule has 94 valence electrons. The summed E-state index contributed by atoms with van der Waals surface area (Å²) in [5.74, 6) is 0. The molecule has 5 nitrogen and oxygen atoms in total. The zero-order chi connectivity index (χ0) is 12.6. The molecule has 1 amide bonds. The van der Waals surface area contributed by atoms with Crippen LogP contribution in [0.25, 0.3) is 0 Å². The number of aryl methyl sites for hydroxylation is 1. The molecule has 0 unspecified atom stereocenters. The number of rotatable bonds is 0. The molecular weight excluding hydrogens is 218 g/mol. The van der Waals surface area contributed by atoms with Gasteiger partial charge in [-0.15, -0.1) is 0 Å². The van der Waals surface area contributed by atoms with Crippen molar-refractivity contribution < 1.29 is 9.53 Å². The van der Waals surface area contributed by atoms with Gasteiger partial charge >= 0.3 is 6.09 Å². The summed E-state index contributed by atoms with van der Waals surface area (Å²) in [5.41, 5.74) is 1.89. The summed E-state index contributed by atoms with van der Waals surface area (Å²) < 4.78 is 7.19. The van der Waals surface area contributed by atoms with Crippen molar-refractivity contribution in [2.75, 3.05) is 6.54 Å². The second-order valence-corrected chi connectivity index (χ2v) is 5.39. The zero-order valence-corrected chi connectivity index (χ0v) is 10.9. The van der Waals surface area contributed by atoms with Gasteiger partial charge in [-0.25, -0.2) is 4.79 Å². The molecule has 1 aliphatic heterocycles. The molecule has 0 radical (unpaired) electrons. The van der Waals surface area contributed by atoms with Crippen LogP contribution < -0.4 is 0 Å². The van der Waals surface area contributed by atoms with Gasteiger partial charge in [0, 0.05) is 13.6 Å². The van der Waals surface area contributed by atoms with E-state index in [2.05, 4.69) is 5.10 Å². The Bertz CT molecular complexity index is 431. The topological polar surface area (TPSA) is 47.4 Å². The SMILES string of the molecule is Cn1ncc2c1CN(C(=O)OC(C)(C)C)CC2. The van der Waals surface area contributed by atoms with Crippen molar-refractivity contribution in [3.63, 3.8) is 0 Å². The Labute approximate surface area is 101 Å². The van der Waals surface area contributed by atoms with Crippen LogP contribution in [-0.2, 0) is 24.8 Å². The largest absolute Gasteiger partial charge is 0.444 e. The highest BCUT2D eigenvalue weighted by Gasteiger charge is 2.27. The highest BCUT2D eigenvalue weighted by atomic mass is 16.6. The number of fused-ring (bicyclic) bond motifs is 1. The van der Waals surface area contributed by atoms with Crippen molar-refractivity contribution in [2.45, 2.75) is 39.3 Å². The molecule has 0 aromatic carbocycles. The predicted octanol–water partition coefficient (Wildman–Crippen LogP) is 1.71. The first-order chi connectivity index (χ1) is 7.87. The van der Waals surface area contributed by atoms with Gasteiger partial charge in [0.2, 0.25) is 0 Å². The molecule has 0 bridgehead atoms. The summed E-state index contributed by atoms with van der Waals surface area (Å²) >= 11 is 0. The maximum Gasteiger partial charge on any atom is 0.410 e. The van der Waals surface area contributed by atoms with Gasteiger partial charge in [-0.1, -0.05) is 0 Å². The molecule has 1 aromatic heterocycles. The summed E-state index contributed by atoms with van der Waals surface area (Å²) in [6.45, 7) is 6.92. The first kappa shape index (κ1) is 12.0. The minimum absolute atomic E-state index is 0.246. The number of hydrogen-bond acceptors (Lipinski definition) is 3. The number of ether oxygens (including phenoxy) is 1. The van der Waals surface area contributed by atoms with Crippen molar-refractivity contribution in [3.05, 3.63) is 17.5 Å². The lowest BCUT2D eigenvalue weighted by Crippen LogP contribution is -2.40. The molecule has 0 fully saturated rings. The molecule has 2 rings (SSSR count). The van der Waals surface area contributed by atoms with Crippen LogP contribution in [0.5, 0.6) is 0 Å². The second kappa shape index (κ2) is 4.05. The Morgan fingerprint density at radius 3 is 2.82 bits per heavy atom. The lowest BCUT2D eigenvalue weighted by molar-refractivity contribution is 0.0219. The summed E-state index contributed by atoms with van der Waals surface area (Å²) in [6.07, 6.45) is 2.48. The fourth-order valence-electron chi connectivity index (χ4n) is 1.92. The quantitative estimate of drug-likeness (QED) is 0.690. The van der Waals surface area contributed by atoms with Gasteiger partial charge < -0.3 is 9.64 Å². The van der Waals surface area contributed by atoms with E-state index in [9.17, 15) is 4.79 Å². The normalized spacial score (nSPS) is 15.6. The number of carbonyl (C=O) groups is 1. The van der Waals surface area contributed by atoms with Gasteiger partial charge in [0.05, 0.1) is 18.4 Å². The van der Waals surface area contributed by atoms with E-state index in [1.54, 1.807) is 4.90 Å². The van der Waals surface area contributed by atoms with Gasteiger partial charge in [0.15, 0.2) is 0 Å². The fourth-order valence-corrected chi connectivity index (χ4v) is 1.92. The van der Waals surface area contributed by atoms with Crippen molar-refractivity contribution >= 4 is 6.09 Å². The average molecular weight is 237 g/mol. The van der Waals surface area contributed by atoms with Crippen LogP contribution in [0.3, 0.4) is 0 Å². The Morgan fingerprint density at radius 2 is 2.18 bits per heavy atom. The first-order valence-corrected chi connectivity index (χ1v) is 5.84. The van der Waals surface area contributed by atoms with Gasteiger partial charge in [0.1, 0.15) is 5.60 Å². The molecule has 2 heterocycles. The van der Waals surface area contributed by atoms with Gasteiger partial charge in [-0.05, 0) is 32.8 Å². The number of aromatic nitrogens is 2. The van der Waals surface area contributed by atoms with E-state index in [1.807, 2.05) is 38.7 Å². The molecule has 1 aromatic rings. The van der Waals surface area contributed by atoms with E-state index in [1.165, 1.54) is 5.56 Å². The van der Waals surface area contributed by atoms with Crippen LogP contribution in [0.1, 0.15) is 32.0 Å². The maximum atomic E-state index is 11.9. The van der Waals surface area contributed by atoms with Crippen molar-refractivity contribution in [1.82, 2.24) is 14.7 Å². The minimum atomic E-state index is -0.441. The van der Waals surface area contributed by atoms with E-state index in [0.717, 1.165) is 12.1 Å². The van der Waals surface area contributed by atoms with Crippen LogP contribution in [0.4, 0.5) is 4.79 Å². The fraction of sp³-hybridized carbons (Fsp3) is 0.667. The average Bonchev–Trinajstić information content (AvgIpc) is 2.57. The van der Waals surface area contributed by atoms with Crippen LogP contribution in [0.15, 0.2) is 6.20 Å². The molecule has 0 atom stereocenters. The van der Waals surface area contributed by atoms with Gasteiger partial charge in [0.25, 0.3) is 0 Å². The van der Waals surface area contributed by atoms with E-state index in [4.69, 9.17) is 4.74 Å². The summed E-state index contributed by atoms with van der Waals surface area (Å²) in [5, 5.41) is 4.20. The van der Waals surface area contributed by atoms with Gasteiger partial charge in [-0.3, -0.25) is 4.68 Å². The number of hydrogen-bond donors (Lipinski definition) is 0. The third kappa shape index (κ3) is 2.60. The van der Waals surface area contributed by atoms with Crippen LogP contribution in [0.2, 0.25) is 0 Å². The van der Waals surface area contributed by atoms with Crippen molar-refractivity contribution in [3.8, 4) is 0 Å². The third-order valence-corrected chi connectivity index (χ3v) is 2.79. The van der Waals surface area contributed by atoms with Crippen LogP contribution in [-0.4, -0.2) is 32.9 Å². The first-order valence-electron chi connectivity index (χ1n) is 5.84. The Balaban J connectivity index is 2.07. The lowest BCUT2D eigenvalue weighted by Gasteiger charge is -2.30. The Kier molecular flexibility index (Phi) is 2.85. The molecule has 0 N–H and O–H groups in total. The van der Waals surface area contributed by atoms with E-state index >= 15 is 0 Å². The highest BCUT2D eigenvalue weighted by molar-refractivity contribution is 5.68. The highest BCUT2D eigenvalue weighted by Crippen LogP contribution is 2.20. The second-order valence-electron chi connectivity index (χ2n) is 5.39. The summed E-state index contributed by atoms with van der Waals surface area (Å²) in [4.78, 5) is 13.7. The Morgan fingerprint density at radius 1 is 1.47 bits per heavy atom. The zero-order valence-electron chi connectivity index (χ0n) is 10.9. The molecule has 5 heteroatoms. The lowest BCUT2D eigenvalue weighted by atomic mass is 10.1. The maximum absolute atomic E-state index is 11.9. The minimum Gasteiger partial charge on any atom is -0.444 e. The van der Waals surface area contributed by atoms with E-state index < -0.39 is 5.60 Å². The summed E-state index contributed by atoms with van der Waals surface area (Å²) in [7, 11) is 1.90. The van der Waals surface area contributed by atoms with Crippen LogP contribution >= 0.6 is 0 Å². The van der Waals surface area contributed by atoms with Crippen LogP contribution in [0, 0.1) is 0 Å². The predicted molar refractivity (Wildman–Crippen MR) is 63.6 cm³/mol. The molecule has 0 aliphatic carbocycles. The molecule has 17 heavy (non-hydrogen) atoms. The monoisotopic (exact) mass is 237 g/mol. The number of carbonyl (C=O) groups excluding carboxylic acids is 1. The molecular formula is C12H19N3O2. The van der Waals surface area contributed by atoms with Gasteiger partial charge in [-0.2, -0.15) is 5.10 Å². The standard InChI is InChI=1S/C12H19N3O2/c1-12(2,3)17-11(16)15-6-5-9-7-13-14(4)10(9)8-15/h7H,5-6,8H2,1-4H3.